The Balaban J connectivity index is 2.01. The Morgan fingerprint density at radius 1 is 1.00 bits per heavy atom. The van der Waals surface area contributed by atoms with E-state index in [0.29, 0.717) is 11.3 Å². The summed E-state index contributed by atoms with van der Waals surface area (Å²) in [5.74, 6) is -0.00745. The van der Waals surface area contributed by atoms with Gasteiger partial charge in [-0.2, -0.15) is 0 Å². The van der Waals surface area contributed by atoms with E-state index < -0.39 is 0 Å². The zero-order valence-electron chi connectivity index (χ0n) is 9.39. The molecule has 0 saturated heterocycles. The third kappa shape index (κ3) is 2.84. The van der Waals surface area contributed by atoms with Crippen LogP contribution in [0.1, 0.15) is 10.4 Å². The van der Waals surface area contributed by atoms with E-state index >= 15 is 0 Å². The topological polar surface area (TPSA) is 55.1 Å². The zero-order chi connectivity index (χ0) is 12.1. The molecule has 0 bridgehead atoms. The molecule has 0 saturated carbocycles. The lowest BCUT2D eigenvalue weighted by atomic mass is 10.1. The Labute approximate surface area is 100 Å². The summed E-state index contributed by atoms with van der Waals surface area (Å²) in [7, 11) is 0. The molecule has 2 rings (SSSR count). The smallest absolute Gasteiger partial charge is 0.183 e. The maximum absolute atomic E-state index is 11.9. The first-order valence-electron chi connectivity index (χ1n) is 5.44. The number of benzene rings is 2. The quantitative estimate of drug-likeness (QED) is 0.622. The molecule has 2 aromatic carbocycles. The third-order valence-electron chi connectivity index (χ3n) is 2.49. The van der Waals surface area contributed by atoms with Crippen LogP contribution >= 0.6 is 0 Å². The fourth-order valence-corrected chi connectivity index (χ4v) is 1.58. The standard InChI is InChI=1S/C14H14N2O/c15-13-9-5-4-8-12(13)14(17)10-16-11-6-2-1-3-7-11/h1-9,16H,10,15H2. The number of nitrogen functional groups attached to an aromatic ring is 1. The molecular formula is C14H14N2O. The molecule has 17 heavy (non-hydrogen) atoms. The average molecular weight is 226 g/mol. The van der Waals surface area contributed by atoms with Crippen molar-refractivity contribution in [1.29, 1.82) is 0 Å². The normalized spacial score (nSPS) is 9.88. The van der Waals surface area contributed by atoms with Crippen molar-refractivity contribution in [3.8, 4) is 0 Å². The third-order valence-corrected chi connectivity index (χ3v) is 2.49. The maximum atomic E-state index is 11.9. The highest BCUT2D eigenvalue weighted by Crippen LogP contribution is 2.12. The van der Waals surface area contributed by atoms with Gasteiger partial charge in [0.25, 0.3) is 0 Å². The number of Topliss-reactive ketones (excluding diaryl/α,β-unsaturated/α-hetero) is 1. The lowest BCUT2D eigenvalue weighted by Gasteiger charge is -2.07. The maximum Gasteiger partial charge on any atom is 0.183 e. The molecular weight excluding hydrogens is 212 g/mol. The first-order chi connectivity index (χ1) is 8.27. The van der Waals surface area contributed by atoms with Gasteiger partial charge in [0.05, 0.1) is 6.54 Å². The summed E-state index contributed by atoms with van der Waals surface area (Å²) in [5, 5.41) is 3.07. The predicted octanol–water partition coefficient (Wildman–Crippen LogP) is 2.56. The van der Waals surface area contributed by atoms with E-state index in [1.54, 1.807) is 12.1 Å². The van der Waals surface area contributed by atoms with Crippen LogP contribution in [0.3, 0.4) is 0 Å². The lowest BCUT2D eigenvalue weighted by Crippen LogP contribution is -2.15. The van der Waals surface area contributed by atoms with E-state index in [-0.39, 0.29) is 12.3 Å². The highest BCUT2D eigenvalue weighted by atomic mass is 16.1. The minimum atomic E-state index is -0.00745. The lowest BCUT2D eigenvalue weighted by molar-refractivity contribution is 0.101. The molecule has 3 heteroatoms. The van der Waals surface area contributed by atoms with Gasteiger partial charge < -0.3 is 11.1 Å². The second-order valence-electron chi connectivity index (χ2n) is 3.73. The van der Waals surface area contributed by atoms with Crippen molar-refractivity contribution in [2.24, 2.45) is 0 Å². The van der Waals surface area contributed by atoms with Gasteiger partial charge in [0.1, 0.15) is 0 Å². The Kier molecular flexibility index (Phi) is 3.40. The largest absolute Gasteiger partial charge is 0.398 e. The van der Waals surface area contributed by atoms with Gasteiger partial charge in [-0.3, -0.25) is 4.79 Å². The van der Waals surface area contributed by atoms with E-state index in [9.17, 15) is 4.79 Å². The number of carbonyl (C=O) groups excluding carboxylic acids is 1. The first-order valence-corrected chi connectivity index (χ1v) is 5.44. The van der Waals surface area contributed by atoms with Crippen LogP contribution in [0.15, 0.2) is 54.6 Å². The van der Waals surface area contributed by atoms with Crippen LogP contribution in [0, 0.1) is 0 Å². The first kappa shape index (κ1) is 11.2. The van der Waals surface area contributed by atoms with E-state index in [1.807, 2.05) is 42.5 Å². The minimum absolute atomic E-state index is 0.00745. The summed E-state index contributed by atoms with van der Waals surface area (Å²) in [6.45, 7) is 0.248. The Morgan fingerprint density at radius 3 is 2.35 bits per heavy atom. The van der Waals surface area contributed by atoms with E-state index in [0.717, 1.165) is 5.69 Å². The number of hydrogen-bond acceptors (Lipinski definition) is 3. The minimum Gasteiger partial charge on any atom is -0.398 e. The number of anilines is 2. The molecule has 0 aliphatic rings. The van der Waals surface area contributed by atoms with Gasteiger partial charge in [-0.15, -0.1) is 0 Å². The molecule has 0 atom stereocenters. The van der Waals surface area contributed by atoms with Crippen molar-refractivity contribution in [3.63, 3.8) is 0 Å². The Hall–Kier alpha value is -2.29. The highest BCUT2D eigenvalue weighted by Gasteiger charge is 2.08. The molecule has 0 aliphatic carbocycles. The van der Waals surface area contributed by atoms with Crippen molar-refractivity contribution < 1.29 is 4.79 Å². The molecule has 86 valence electrons. The monoisotopic (exact) mass is 226 g/mol. The van der Waals surface area contributed by atoms with E-state index in [2.05, 4.69) is 5.32 Å². The summed E-state index contributed by atoms with van der Waals surface area (Å²) >= 11 is 0. The SMILES string of the molecule is Nc1ccccc1C(=O)CNc1ccccc1. The van der Waals surface area contributed by atoms with E-state index in [1.165, 1.54) is 0 Å². The molecule has 3 nitrogen and oxygen atoms in total. The molecule has 2 aromatic rings. The Bertz CT molecular complexity index is 509. The molecule has 0 fully saturated rings. The van der Waals surface area contributed by atoms with Crippen LogP contribution in [0.4, 0.5) is 11.4 Å². The van der Waals surface area contributed by atoms with Crippen molar-refractivity contribution in [1.82, 2.24) is 0 Å². The molecule has 0 radical (unpaired) electrons. The van der Waals surface area contributed by atoms with E-state index in [4.69, 9.17) is 5.73 Å². The fraction of sp³-hybridized carbons (Fsp3) is 0.0714. The van der Waals surface area contributed by atoms with Crippen LogP contribution in [0.25, 0.3) is 0 Å². The van der Waals surface area contributed by atoms with Crippen LogP contribution in [-0.2, 0) is 0 Å². The van der Waals surface area contributed by atoms with Gasteiger partial charge in [0.15, 0.2) is 5.78 Å². The van der Waals surface area contributed by atoms with Crippen LogP contribution in [-0.4, -0.2) is 12.3 Å². The molecule has 0 heterocycles. The van der Waals surface area contributed by atoms with Crippen molar-refractivity contribution in [3.05, 3.63) is 60.2 Å². The van der Waals surface area contributed by atoms with Gasteiger partial charge in [0, 0.05) is 16.9 Å². The number of para-hydroxylation sites is 2. The van der Waals surface area contributed by atoms with Gasteiger partial charge in [-0.05, 0) is 24.3 Å². The zero-order valence-corrected chi connectivity index (χ0v) is 9.39. The highest BCUT2D eigenvalue weighted by molar-refractivity contribution is 6.03. The number of nitrogens with two attached hydrogens (primary N) is 1. The van der Waals surface area contributed by atoms with Crippen LogP contribution in [0.2, 0.25) is 0 Å². The van der Waals surface area contributed by atoms with Crippen molar-refractivity contribution >= 4 is 17.2 Å². The summed E-state index contributed by atoms with van der Waals surface area (Å²) in [5.41, 5.74) is 7.75. The number of carbonyl (C=O) groups is 1. The molecule has 0 unspecified atom stereocenters. The fourth-order valence-electron chi connectivity index (χ4n) is 1.58. The summed E-state index contributed by atoms with van der Waals surface area (Å²) in [6, 6.07) is 16.7. The van der Waals surface area contributed by atoms with Crippen LogP contribution in [0.5, 0.6) is 0 Å². The molecule has 0 spiro atoms. The molecule has 0 aromatic heterocycles. The number of rotatable bonds is 4. The number of ketones is 1. The van der Waals surface area contributed by atoms with Crippen molar-refractivity contribution in [2.45, 2.75) is 0 Å². The molecule has 0 amide bonds. The van der Waals surface area contributed by atoms with Crippen LogP contribution < -0.4 is 11.1 Å². The number of hydrogen-bond donors (Lipinski definition) is 2. The predicted molar refractivity (Wildman–Crippen MR) is 70.1 cm³/mol. The second-order valence-corrected chi connectivity index (χ2v) is 3.73. The van der Waals surface area contributed by atoms with Crippen molar-refractivity contribution in [2.75, 3.05) is 17.6 Å². The van der Waals surface area contributed by atoms with Gasteiger partial charge >= 0.3 is 0 Å². The summed E-state index contributed by atoms with van der Waals surface area (Å²) in [4.78, 5) is 11.9. The Morgan fingerprint density at radius 2 is 1.65 bits per heavy atom. The molecule has 3 N–H and O–H groups in total. The average Bonchev–Trinajstić information content (AvgIpc) is 2.38. The summed E-state index contributed by atoms with van der Waals surface area (Å²) < 4.78 is 0. The summed E-state index contributed by atoms with van der Waals surface area (Å²) in [6.07, 6.45) is 0. The molecule has 0 aliphatic heterocycles. The van der Waals surface area contributed by atoms with Gasteiger partial charge in [-0.25, -0.2) is 0 Å². The van der Waals surface area contributed by atoms with Gasteiger partial charge in [0.2, 0.25) is 0 Å². The van der Waals surface area contributed by atoms with Gasteiger partial charge in [-0.1, -0.05) is 30.3 Å². The number of nitrogens with one attached hydrogen (secondary N) is 1. The second kappa shape index (κ2) is 5.16.